The molecule has 0 aliphatic carbocycles. The van der Waals surface area contributed by atoms with Crippen molar-refractivity contribution in [3.8, 4) is 0 Å². The van der Waals surface area contributed by atoms with Gasteiger partial charge in [-0.15, -0.1) is 0 Å². The van der Waals surface area contributed by atoms with Crippen LogP contribution in [0, 0.1) is 0 Å². The Hall–Kier alpha value is -2.07. The molecule has 0 aliphatic rings. The first-order valence-corrected chi connectivity index (χ1v) is 5.54. The Morgan fingerprint density at radius 2 is 2.18 bits per heavy atom. The van der Waals surface area contributed by atoms with Crippen LogP contribution in [0.5, 0.6) is 0 Å². The highest BCUT2D eigenvalue weighted by molar-refractivity contribution is 5.80. The van der Waals surface area contributed by atoms with Crippen LogP contribution in [-0.2, 0) is 13.1 Å². The monoisotopic (exact) mass is 227 g/mol. The van der Waals surface area contributed by atoms with E-state index in [9.17, 15) is 0 Å². The first-order chi connectivity index (χ1) is 8.36. The first kappa shape index (κ1) is 10.1. The number of hydrogen-bond donors (Lipinski definition) is 1. The molecule has 4 heteroatoms. The number of nitrogens with two attached hydrogens (primary N) is 1. The lowest BCUT2D eigenvalue weighted by Crippen LogP contribution is -1.98. The summed E-state index contributed by atoms with van der Waals surface area (Å²) in [7, 11) is 0. The Kier molecular flexibility index (Phi) is 2.42. The highest BCUT2D eigenvalue weighted by atomic mass is 16.5. The second kappa shape index (κ2) is 4.07. The van der Waals surface area contributed by atoms with E-state index in [0.717, 1.165) is 11.3 Å². The summed E-state index contributed by atoms with van der Waals surface area (Å²) in [5, 5.41) is 4.91. The average molecular weight is 227 g/mol. The molecule has 2 aromatic heterocycles. The van der Waals surface area contributed by atoms with Crippen molar-refractivity contribution in [2.24, 2.45) is 5.73 Å². The van der Waals surface area contributed by atoms with Crippen LogP contribution in [0.15, 0.2) is 47.2 Å². The summed E-state index contributed by atoms with van der Waals surface area (Å²) in [6, 6.07) is 10.2. The fourth-order valence-electron chi connectivity index (χ4n) is 2.01. The van der Waals surface area contributed by atoms with Crippen LogP contribution in [0.25, 0.3) is 10.9 Å². The second-order valence-corrected chi connectivity index (χ2v) is 4.02. The summed E-state index contributed by atoms with van der Waals surface area (Å²) in [6.07, 6.45) is 3.71. The minimum absolute atomic E-state index is 0.573. The van der Waals surface area contributed by atoms with Crippen molar-refractivity contribution in [3.63, 3.8) is 0 Å². The molecule has 3 aromatic rings. The molecule has 0 saturated heterocycles. The fourth-order valence-corrected chi connectivity index (χ4v) is 2.01. The van der Waals surface area contributed by atoms with Gasteiger partial charge in [-0.05, 0) is 29.1 Å². The van der Waals surface area contributed by atoms with E-state index in [1.807, 2.05) is 12.3 Å². The van der Waals surface area contributed by atoms with E-state index in [-0.39, 0.29) is 0 Å². The van der Waals surface area contributed by atoms with Gasteiger partial charge in [0, 0.05) is 24.3 Å². The lowest BCUT2D eigenvalue weighted by molar-refractivity contribution is 0.378. The average Bonchev–Trinajstić information content (AvgIpc) is 2.99. The minimum atomic E-state index is 0.573. The van der Waals surface area contributed by atoms with Gasteiger partial charge in [-0.1, -0.05) is 11.2 Å². The van der Waals surface area contributed by atoms with Gasteiger partial charge >= 0.3 is 0 Å². The molecule has 0 spiro atoms. The summed E-state index contributed by atoms with van der Waals surface area (Å²) in [5.41, 5.74) is 7.95. The zero-order valence-electron chi connectivity index (χ0n) is 9.34. The van der Waals surface area contributed by atoms with Crippen molar-refractivity contribution in [3.05, 3.63) is 54.0 Å². The van der Waals surface area contributed by atoms with Gasteiger partial charge in [0.05, 0.1) is 12.7 Å². The topological polar surface area (TPSA) is 57.0 Å². The van der Waals surface area contributed by atoms with Gasteiger partial charge in [-0.2, -0.15) is 0 Å². The van der Waals surface area contributed by atoms with Crippen molar-refractivity contribution in [2.75, 3.05) is 0 Å². The Morgan fingerprint density at radius 3 is 2.94 bits per heavy atom. The molecule has 86 valence electrons. The third-order valence-electron chi connectivity index (χ3n) is 2.89. The predicted octanol–water partition coefficient (Wildman–Crippen LogP) is 2.14. The molecule has 0 aliphatic heterocycles. The number of nitrogens with zero attached hydrogens (tertiary/aromatic N) is 2. The highest BCUT2D eigenvalue weighted by Crippen LogP contribution is 2.18. The normalized spacial score (nSPS) is 11.1. The number of aromatic nitrogens is 2. The number of fused-ring (bicyclic) bond motifs is 1. The molecule has 17 heavy (non-hydrogen) atoms. The maximum Gasteiger partial charge on any atom is 0.156 e. The standard InChI is InChI=1S/C13H13N3O/c14-8-10-1-2-13-11(7-10)4-6-16(13)9-12-3-5-15-17-12/h1-7H,8-9,14H2. The van der Waals surface area contributed by atoms with Crippen LogP contribution in [0.1, 0.15) is 11.3 Å². The smallest absolute Gasteiger partial charge is 0.156 e. The molecule has 0 saturated carbocycles. The van der Waals surface area contributed by atoms with Crippen molar-refractivity contribution >= 4 is 10.9 Å². The van der Waals surface area contributed by atoms with Crippen LogP contribution in [0.3, 0.4) is 0 Å². The fraction of sp³-hybridized carbons (Fsp3) is 0.154. The van der Waals surface area contributed by atoms with Crippen molar-refractivity contribution in [1.82, 2.24) is 9.72 Å². The van der Waals surface area contributed by atoms with Crippen LogP contribution in [0.2, 0.25) is 0 Å². The molecule has 0 amide bonds. The van der Waals surface area contributed by atoms with Gasteiger partial charge < -0.3 is 14.8 Å². The minimum Gasteiger partial charge on any atom is -0.359 e. The molecular weight excluding hydrogens is 214 g/mol. The molecular formula is C13H13N3O. The molecule has 0 unspecified atom stereocenters. The third-order valence-corrected chi connectivity index (χ3v) is 2.89. The van der Waals surface area contributed by atoms with Crippen LogP contribution in [0.4, 0.5) is 0 Å². The molecule has 0 radical (unpaired) electrons. The quantitative estimate of drug-likeness (QED) is 0.745. The zero-order valence-corrected chi connectivity index (χ0v) is 9.34. The van der Waals surface area contributed by atoms with Gasteiger partial charge in [0.2, 0.25) is 0 Å². The summed E-state index contributed by atoms with van der Waals surface area (Å²) < 4.78 is 7.24. The van der Waals surface area contributed by atoms with Gasteiger partial charge in [-0.3, -0.25) is 0 Å². The number of rotatable bonds is 3. The number of benzene rings is 1. The van der Waals surface area contributed by atoms with Crippen LogP contribution < -0.4 is 5.73 Å². The summed E-state index contributed by atoms with van der Waals surface area (Å²) >= 11 is 0. The zero-order chi connectivity index (χ0) is 11.7. The third kappa shape index (κ3) is 1.83. The van der Waals surface area contributed by atoms with Crippen LogP contribution >= 0.6 is 0 Å². The van der Waals surface area contributed by atoms with E-state index in [1.165, 1.54) is 10.9 Å². The molecule has 1 aromatic carbocycles. The molecule has 0 atom stereocenters. The Bertz CT molecular complexity index is 625. The summed E-state index contributed by atoms with van der Waals surface area (Å²) in [6.45, 7) is 1.27. The Labute approximate surface area is 98.6 Å². The lowest BCUT2D eigenvalue weighted by atomic mass is 10.1. The van der Waals surface area contributed by atoms with E-state index in [1.54, 1.807) is 6.20 Å². The number of hydrogen-bond acceptors (Lipinski definition) is 3. The SMILES string of the molecule is NCc1ccc2c(ccn2Cc2ccno2)c1. The predicted molar refractivity (Wildman–Crippen MR) is 65.4 cm³/mol. The van der Waals surface area contributed by atoms with Gasteiger partial charge in [-0.25, -0.2) is 0 Å². The van der Waals surface area contributed by atoms with E-state index >= 15 is 0 Å². The van der Waals surface area contributed by atoms with Gasteiger partial charge in [0.25, 0.3) is 0 Å². The first-order valence-electron chi connectivity index (χ1n) is 5.54. The molecule has 2 N–H and O–H groups in total. The van der Waals surface area contributed by atoms with Crippen molar-refractivity contribution in [2.45, 2.75) is 13.1 Å². The van der Waals surface area contributed by atoms with E-state index in [0.29, 0.717) is 13.1 Å². The maximum absolute atomic E-state index is 5.63. The van der Waals surface area contributed by atoms with Crippen LogP contribution in [-0.4, -0.2) is 9.72 Å². The van der Waals surface area contributed by atoms with Gasteiger partial charge in [0.15, 0.2) is 5.76 Å². The van der Waals surface area contributed by atoms with Crippen molar-refractivity contribution in [1.29, 1.82) is 0 Å². The molecule has 0 fully saturated rings. The molecule has 4 nitrogen and oxygen atoms in total. The maximum atomic E-state index is 5.63. The van der Waals surface area contributed by atoms with E-state index in [2.05, 4.69) is 34.0 Å². The Morgan fingerprint density at radius 1 is 1.24 bits per heavy atom. The summed E-state index contributed by atoms with van der Waals surface area (Å²) in [4.78, 5) is 0. The van der Waals surface area contributed by atoms with Gasteiger partial charge in [0.1, 0.15) is 0 Å². The molecule has 2 heterocycles. The highest BCUT2D eigenvalue weighted by Gasteiger charge is 2.04. The second-order valence-electron chi connectivity index (χ2n) is 4.02. The van der Waals surface area contributed by atoms with Crippen molar-refractivity contribution < 1.29 is 4.52 Å². The summed E-state index contributed by atoms with van der Waals surface area (Å²) in [5.74, 6) is 0.852. The van der Waals surface area contributed by atoms with E-state index in [4.69, 9.17) is 10.3 Å². The molecule has 3 rings (SSSR count). The van der Waals surface area contributed by atoms with E-state index < -0.39 is 0 Å². The Balaban J connectivity index is 2.00. The largest absolute Gasteiger partial charge is 0.359 e. The molecule has 0 bridgehead atoms. The lowest BCUT2D eigenvalue weighted by Gasteiger charge is -2.03.